The van der Waals surface area contributed by atoms with E-state index < -0.39 is 0 Å². The highest BCUT2D eigenvalue weighted by molar-refractivity contribution is 5.43. The summed E-state index contributed by atoms with van der Waals surface area (Å²) in [5.41, 5.74) is 7.52. The second kappa shape index (κ2) is 7.66. The smallest absolute Gasteiger partial charge is 0.225 e. The normalized spacial score (nSPS) is 20.4. The summed E-state index contributed by atoms with van der Waals surface area (Å²) in [4.78, 5) is 8.19. The van der Waals surface area contributed by atoms with Crippen LogP contribution in [0.15, 0.2) is 10.6 Å². The summed E-state index contributed by atoms with van der Waals surface area (Å²) in [5.74, 6) is 1.94. The average Bonchev–Trinajstić information content (AvgIpc) is 2.92. The van der Waals surface area contributed by atoms with Crippen LogP contribution in [0, 0.1) is 13.8 Å². The number of methoxy groups -OCH3 is 1. The molecule has 9 nitrogen and oxygen atoms in total. The van der Waals surface area contributed by atoms with E-state index in [1.807, 2.05) is 13.8 Å². The summed E-state index contributed by atoms with van der Waals surface area (Å²) in [5, 5.41) is 7.30. The third-order valence-electron chi connectivity index (χ3n) is 4.19. The molecule has 2 aromatic rings. The first-order chi connectivity index (χ1) is 12.1. The first-order valence-corrected chi connectivity index (χ1v) is 8.13. The fourth-order valence-electron chi connectivity index (χ4n) is 2.75. The molecular weight excluding hydrogens is 326 g/mol. The number of nitrogen functional groups attached to an aromatic ring is 1. The van der Waals surface area contributed by atoms with Crippen molar-refractivity contribution in [3.8, 4) is 5.88 Å². The molecule has 3 heterocycles. The van der Waals surface area contributed by atoms with Crippen molar-refractivity contribution in [2.24, 2.45) is 0 Å². The molecule has 0 aliphatic carbocycles. The molecule has 136 valence electrons. The second-order valence-electron chi connectivity index (χ2n) is 5.92. The fourth-order valence-corrected chi connectivity index (χ4v) is 2.75. The Kier molecular flexibility index (Phi) is 5.34. The minimum absolute atomic E-state index is 0.0354. The number of rotatable bonds is 6. The Labute approximate surface area is 145 Å². The largest absolute Gasteiger partial charge is 0.481 e. The first kappa shape index (κ1) is 17.4. The summed E-state index contributed by atoms with van der Waals surface area (Å²) < 4.78 is 21.9. The van der Waals surface area contributed by atoms with E-state index in [4.69, 9.17) is 24.5 Å². The van der Waals surface area contributed by atoms with Crippen molar-refractivity contribution < 1.29 is 18.7 Å². The highest BCUT2D eigenvalue weighted by Crippen LogP contribution is 2.22. The molecule has 2 aromatic heterocycles. The van der Waals surface area contributed by atoms with Crippen LogP contribution in [0.5, 0.6) is 5.88 Å². The molecular formula is C16H23N5O4. The number of hydrogen-bond acceptors (Lipinski definition) is 9. The number of anilines is 2. The van der Waals surface area contributed by atoms with Crippen molar-refractivity contribution >= 4 is 11.8 Å². The van der Waals surface area contributed by atoms with Gasteiger partial charge in [-0.05, 0) is 20.3 Å². The summed E-state index contributed by atoms with van der Waals surface area (Å²) in [6.45, 7) is 5.35. The van der Waals surface area contributed by atoms with E-state index in [1.165, 1.54) is 7.11 Å². The first-order valence-electron chi connectivity index (χ1n) is 8.13. The Balaban J connectivity index is 1.67. The van der Waals surface area contributed by atoms with Crippen molar-refractivity contribution in [2.45, 2.75) is 39.0 Å². The van der Waals surface area contributed by atoms with E-state index in [1.54, 1.807) is 6.07 Å². The van der Waals surface area contributed by atoms with E-state index in [0.29, 0.717) is 31.5 Å². The maximum atomic E-state index is 6.07. The summed E-state index contributed by atoms with van der Waals surface area (Å²) in [6.07, 6.45) is 0.656. The van der Waals surface area contributed by atoms with Gasteiger partial charge in [0, 0.05) is 18.2 Å². The lowest BCUT2D eigenvalue weighted by Crippen LogP contribution is -2.43. The van der Waals surface area contributed by atoms with Gasteiger partial charge in [-0.15, -0.1) is 0 Å². The van der Waals surface area contributed by atoms with Gasteiger partial charge in [-0.3, -0.25) is 0 Å². The van der Waals surface area contributed by atoms with E-state index in [0.717, 1.165) is 23.4 Å². The number of aryl methyl sites for hydroxylation is 2. The zero-order chi connectivity index (χ0) is 17.8. The Bertz CT molecular complexity index is 701. The van der Waals surface area contributed by atoms with Gasteiger partial charge < -0.3 is 29.8 Å². The molecule has 0 bridgehead atoms. The lowest BCUT2D eigenvalue weighted by molar-refractivity contribution is -0.0641. The van der Waals surface area contributed by atoms with Crippen LogP contribution in [0.4, 0.5) is 11.8 Å². The zero-order valence-corrected chi connectivity index (χ0v) is 14.6. The molecule has 3 rings (SSSR count). The van der Waals surface area contributed by atoms with Crippen molar-refractivity contribution in [1.29, 1.82) is 0 Å². The highest BCUT2D eigenvalue weighted by Gasteiger charge is 2.28. The van der Waals surface area contributed by atoms with Crippen LogP contribution in [-0.4, -0.2) is 47.6 Å². The van der Waals surface area contributed by atoms with Gasteiger partial charge in [-0.2, -0.15) is 9.97 Å². The Morgan fingerprint density at radius 3 is 2.92 bits per heavy atom. The maximum Gasteiger partial charge on any atom is 0.225 e. The number of ether oxygens (including phenoxy) is 3. The number of aromatic nitrogens is 3. The van der Waals surface area contributed by atoms with Crippen LogP contribution in [0.3, 0.4) is 0 Å². The van der Waals surface area contributed by atoms with Crippen LogP contribution in [0.25, 0.3) is 0 Å². The Morgan fingerprint density at radius 2 is 2.20 bits per heavy atom. The molecule has 0 amide bonds. The molecule has 0 saturated carbocycles. The fraction of sp³-hybridized carbons (Fsp3) is 0.562. The molecule has 2 atom stereocenters. The van der Waals surface area contributed by atoms with Gasteiger partial charge in [0.15, 0.2) is 0 Å². The lowest BCUT2D eigenvalue weighted by Gasteiger charge is -2.32. The molecule has 1 saturated heterocycles. The van der Waals surface area contributed by atoms with E-state index in [9.17, 15) is 0 Å². The monoisotopic (exact) mass is 349 g/mol. The minimum Gasteiger partial charge on any atom is -0.481 e. The Hall–Kier alpha value is -2.39. The lowest BCUT2D eigenvalue weighted by atomic mass is 10.1. The number of nitrogens with two attached hydrogens (primary N) is 1. The topological polar surface area (TPSA) is 118 Å². The quantitative estimate of drug-likeness (QED) is 0.799. The SMILES string of the molecule is COc1cc(N[C@@H]2CCOC[C@H]2OCc2c(C)noc2C)nc(N)n1. The second-order valence-corrected chi connectivity index (χ2v) is 5.92. The van der Waals surface area contributed by atoms with Gasteiger partial charge >= 0.3 is 0 Å². The molecule has 1 aliphatic rings. The Morgan fingerprint density at radius 1 is 1.36 bits per heavy atom. The molecule has 1 fully saturated rings. The van der Waals surface area contributed by atoms with Gasteiger partial charge in [0.05, 0.1) is 32.1 Å². The molecule has 0 unspecified atom stereocenters. The van der Waals surface area contributed by atoms with Crippen LogP contribution in [0.1, 0.15) is 23.4 Å². The molecule has 0 spiro atoms. The standard InChI is InChI=1S/C16H23N5O4/c1-9-11(10(2)25-21-9)7-24-13-8-23-5-4-12(13)18-14-6-15(22-3)20-16(17)19-14/h6,12-13H,4-5,7-8H2,1-3H3,(H3,17,18,19,20)/t12-,13-/m1/s1. The third-order valence-corrected chi connectivity index (χ3v) is 4.19. The molecule has 0 aromatic carbocycles. The molecule has 9 heteroatoms. The van der Waals surface area contributed by atoms with Gasteiger partial charge in [0.25, 0.3) is 0 Å². The van der Waals surface area contributed by atoms with Gasteiger partial charge in [-0.25, -0.2) is 0 Å². The van der Waals surface area contributed by atoms with Crippen LogP contribution in [-0.2, 0) is 16.1 Å². The molecule has 1 aliphatic heterocycles. The summed E-state index contributed by atoms with van der Waals surface area (Å²) in [7, 11) is 1.54. The van der Waals surface area contributed by atoms with E-state index in [2.05, 4.69) is 20.4 Å². The summed E-state index contributed by atoms with van der Waals surface area (Å²) >= 11 is 0. The number of nitrogens with zero attached hydrogens (tertiary/aromatic N) is 3. The minimum atomic E-state index is -0.135. The van der Waals surface area contributed by atoms with Crippen LogP contribution in [0.2, 0.25) is 0 Å². The van der Waals surface area contributed by atoms with Crippen molar-refractivity contribution in [3.63, 3.8) is 0 Å². The average molecular weight is 349 g/mol. The third kappa shape index (κ3) is 4.18. The number of hydrogen-bond donors (Lipinski definition) is 2. The molecule has 0 radical (unpaired) electrons. The number of nitrogens with one attached hydrogen (secondary N) is 1. The van der Waals surface area contributed by atoms with Crippen molar-refractivity contribution in [2.75, 3.05) is 31.4 Å². The highest BCUT2D eigenvalue weighted by atomic mass is 16.5. The van der Waals surface area contributed by atoms with Crippen molar-refractivity contribution in [1.82, 2.24) is 15.1 Å². The van der Waals surface area contributed by atoms with Gasteiger partial charge in [-0.1, -0.05) is 5.16 Å². The van der Waals surface area contributed by atoms with Crippen LogP contribution < -0.4 is 15.8 Å². The summed E-state index contributed by atoms with van der Waals surface area (Å²) in [6, 6.07) is 1.74. The van der Waals surface area contributed by atoms with E-state index in [-0.39, 0.29) is 18.1 Å². The maximum absolute atomic E-state index is 6.07. The van der Waals surface area contributed by atoms with Gasteiger partial charge in [0.2, 0.25) is 11.8 Å². The predicted octanol–water partition coefficient (Wildman–Crippen LogP) is 1.46. The van der Waals surface area contributed by atoms with E-state index >= 15 is 0 Å². The molecule has 3 N–H and O–H groups in total. The van der Waals surface area contributed by atoms with Crippen LogP contribution >= 0.6 is 0 Å². The predicted molar refractivity (Wildman–Crippen MR) is 90.4 cm³/mol. The van der Waals surface area contributed by atoms with Gasteiger partial charge in [0.1, 0.15) is 17.7 Å². The molecule has 25 heavy (non-hydrogen) atoms. The van der Waals surface area contributed by atoms with Crippen molar-refractivity contribution in [3.05, 3.63) is 23.1 Å². The zero-order valence-electron chi connectivity index (χ0n) is 14.6.